The molecule has 0 unspecified atom stereocenters. The Bertz CT molecular complexity index is 1100. The Kier molecular flexibility index (Phi) is 7.51. The van der Waals surface area contributed by atoms with Crippen molar-refractivity contribution in [3.63, 3.8) is 0 Å². The van der Waals surface area contributed by atoms with Gasteiger partial charge in [-0.25, -0.2) is 13.2 Å². The second-order valence-electron chi connectivity index (χ2n) is 7.19. The van der Waals surface area contributed by atoms with Crippen LogP contribution < -0.4 is 4.74 Å². The fourth-order valence-corrected chi connectivity index (χ4v) is 3.32. The van der Waals surface area contributed by atoms with Gasteiger partial charge in [0, 0.05) is 10.9 Å². The van der Waals surface area contributed by atoms with E-state index in [2.05, 4.69) is 23.5 Å². The third kappa shape index (κ3) is 5.75. The number of alkyl halides is 2. The summed E-state index contributed by atoms with van der Waals surface area (Å²) in [5.41, 5.74) is 1.08. The number of hydrogen-bond acceptors (Lipinski definition) is 1. The average Bonchev–Trinajstić information content (AvgIpc) is 2.73. The second kappa shape index (κ2) is 10.3. The fourth-order valence-electron chi connectivity index (χ4n) is 3.32. The Morgan fingerprint density at radius 1 is 0.871 bits per heavy atom. The molecule has 1 nitrogen and oxygen atoms in total. The number of halogens is 5. The number of ether oxygens (including phenoxy) is 1. The van der Waals surface area contributed by atoms with E-state index in [1.54, 1.807) is 12.1 Å². The molecule has 0 N–H and O–H groups in total. The van der Waals surface area contributed by atoms with Crippen molar-refractivity contribution in [2.45, 2.75) is 45.6 Å². The van der Waals surface area contributed by atoms with E-state index in [4.69, 9.17) is 0 Å². The highest BCUT2D eigenvalue weighted by molar-refractivity contribution is 5.85. The molecule has 162 valence electrons. The number of aryl methyl sites for hydroxylation is 1. The Morgan fingerprint density at radius 3 is 2.29 bits per heavy atom. The molecule has 0 amide bonds. The molecule has 0 spiro atoms. The largest absolute Gasteiger partial charge is 0.429 e. The van der Waals surface area contributed by atoms with Gasteiger partial charge in [-0.15, -0.1) is 0 Å². The van der Waals surface area contributed by atoms with Crippen LogP contribution >= 0.6 is 0 Å². The van der Waals surface area contributed by atoms with Gasteiger partial charge >= 0.3 is 6.61 Å². The average molecular weight is 432 g/mol. The third-order valence-corrected chi connectivity index (χ3v) is 4.88. The summed E-state index contributed by atoms with van der Waals surface area (Å²) < 4.78 is 70.7. The van der Waals surface area contributed by atoms with E-state index in [-0.39, 0.29) is 11.1 Å². The van der Waals surface area contributed by atoms with Gasteiger partial charge in [-0.3, -0.25) is 0 Å². The summed E-state index contributed by atoms with van der Waals surface area (Å²) in [5.74, 6) is 0.694. The molecule has 0 bridgehead atoms. The van der Waals surface area contributed by atoms with Crippen molar-refractivity contribution in [2.75, 3.05) is 0 Å². The number of benzene rings is 3. The Labute approximate surface area is 177 Å². The zero-order chi connectivity index (χ0) is 22.4. The summed E-state index contributed by atoms with van der Waals surface area (Å²) in [6.07, 6.45) is 5.54. The summed E-state index contributed by atoms with van der Waals surface area (Å²) >= 11 is 0. The number of fused-ring (bicyclic) bond motifs is 1. The maximum Gasteiger partial charge on any atom is 0.387 e. The minimum Gasteiger partial charge on any atom is -0.429 e. The predicted octanol–water partition coefficient (Wildman–Crippen LogP) is 7.38. The van der Waals surface area contributed by atoms with Gasteiger partial charge in [0.15, 0.2) is 17.4 Å². The number of rotatable bonds is 7. The summed E-state index contributed by atoms with van der Waals surface area (Å²) in [6, 6.07) is 10.3. The molecule has 0 aromatic heterocycles. The van der Waals surface area contributed by atoms with E-state index in [0.717, 1.165) is 42.3 Å². The van der Waals surface area contributed by atoms with Crippen LogP contribution in [0.4, 0.5) is 22.0 Å². The van der Waals surface area contributed by atoms with Crippen LogP contribution in [-0.4, -0.2) is 6.61 Å². The fraction of sp³-hybridized carbons (Fsp3) is 0.280. The van der Waals surface area contributed by atoms with E-state index in [1.807, 2.05) is 12.1 Å². The zero-order valence-corrected chi connectivity index (χ0v) is 17.0. The van der Waals surface area contributed by atoms with Crippen LogP contribution in [0.25, 0.3) is 10.8 Å². The van der Waals surface area contributed by atoms with Crippen LogP contribution in [0, 0.1) is 29.3 Å². The Balaban J connectivity index is 1.83. The highest BCUT2D eigenvalue weighted by Crippen LogP contribution is 2.26. The lowest BCUT2D eigenvalue weighted by molar-refractivity contribution is -0.0546. The molecule has 0 aliphatic carbocycles. The topological polar surface area (TPSA) is 9.23 Å². The maximum atomic E-state index is 14.9. The minimum absolute atomic E-state index is 0.0666. The lowest BCUT2D eigenvalue weighted by Crippen LogP contribution is -2.06. The van der Waals surface area contributed by atoms with Crippen LogP contribution in [0.15, 0.2) is 42.5 Å². The van der Waals surface area contributed by atoms with Crippen LogP contribution in [0.5, 0.6) is 5.75 Å². The van der Waals surface area contributed by atoms with Crippen molar-refractivity contribution in [1.29, 1.82) is 0 Å². The van der Waals surface area contributed by atoms with E-state index in [1.165, 1.54) is 18.9 Å². The molecule has 0 radical (unpaired) electrons. The standard InChI is InChI=1S/C25H21F5O/c1-2-3-4-5-6-16-8-12-20-19(13-16)11-10-18(23(20)28)9-7-17-14-21(26)24(22(27)15-17)31-25(29)30/h8,10-15,25H,2-6H2,1H3. The van der Waals surface area contributed by atoms with Gasteiger partial charge in [0.1, 0.15) is 5.82 Å². The molecule has 0 heterocycles. The molecule has 0 saturated carbocycles. The first-order valence-corrected chi connectivity index (χ1v) is 10.1. The van der Waals surface area contributed by atoms with Crippen molar-refractivity contribution in [3.8, 4) is 17.6 Å². The lowest BCUT2D eigenvalue weighted by atomic mass is 10.00. The van der Waals surface area contributed by atoms with Crippen LogP contribution in [0.1, 0.15) is 49.3 Å². The first kappa shape index (κ1) is 22.6. The molecule has 0 atom stereocenters. The normalized spacial score (nSPS) is 10.9. The van der Waals surface area contributed by atoms with Crippen molar-refractivity contribution >= 4 is 10.8 Å². The third-order valence-electron chi connectivity index (χ3n) is 4.88. The van der Waals surface area contributed by atoms with Gasteiger partial charge in [0.25, 0.3) is 0 Å². The zero-order valence-electron chi connectivity index (χ0n) is 17.0. The summed E-state index contributed by atoms with van der Waals surface area (Å²) in [6.45, 7) is -1.20. The number of unbranched alkanes of at least 4 members (excludes halogenated alkanes) is 3. The van der Waals surface area contributed by atoms with E-state index in [0.29, 0.717) is 5.39 Å². The van der Waals surface area contributed by atoms with Gasteiger partial charge in [-0.05, 0) is 42.0 Å². The van der Waals surface area contributed by atoms with Crippen molar-refractivity contribution < 1.29 is 26.7 Å². The first-order valence-electron chi connectivity index (χ1n) is 10.1. The quantitative estimate of drug-likeness (QED) is 0.215. The predicted molar refractivity (Wildman–Crippen MR) is 111 cm³/mol. The highest BCUT2D eigenvalue weighted by atomic mass is 19.3. The van der Waals surface area contributed by atoms with E-state index >= 15 is 0 Å². The molecule has 0 saturated heterocycles. The molecule has 0 fully saturated rings. The van der Waals surface area contributed by atoms with Crippen molar-refractivity contribution in [1.82, 2.24) is 0 Å². The Morgan fingerprint density at radius 2 is 1.61 bits per heavy atom. The smallest absolute Gasteiger partial charge is 0.387 e. The summed E-state index contributed by atoms with van der Waals surface area (Å²) in [5, 5.41) is 1.16. The molecule has 6 heteroatoms. The lowest BCUT2D eigenvalue weighted by Gasteiger charge is -2.07. The molecule has 3 aromatic carbocycles. The van der Waals surface area contributed by atoms with Crippen molar-refractivity contribution in [2.24, 2.45) is 0 Å². The first-order chi connectivity index (χ1) is 14.9. The minimum atomic E-state index is -3.36. The molecule has 0 aliphatic heterocycles. The van der Waals surface area contributed by atoms with Crippen LogP contribution in [0.3, 0.4) is 0 Å². The molecule has 3 rings (SSSR count). The summed E-state index contributed by atoms with van der Waals surface area (Å²) in [4.78, 5) is 0. The summed E-state index contributed by atoms with van der Waals surface area (Å²) in [7, 11) is 0. The van der Waals surface area contributed by atoms with Gasteiger partial charge in [-0.2, -0.15) is 8.78 Å². The molecule has 31 heavy (non-hydrogen) atoms. The maximum absolute atomic E-state index is 14.9. The van der Waals surface area contributed by atoms with Gasteiger partial charge in [0.05, 0.1) is 5.56 Å². The van der Waals surface area contributed by atoms with Crippen LogP contribution in [-0.2, 0) is 6.42 Å². The monoisotopic (exact) mass is 432 g/mol. The van der Waals surface area contributed by atoms with Gasteiger partial charge < -0.3 is 4.74 Å². The van der Waals surface area contributed by atoms with Gasteiger partial charge in [0.2, 0.25) is 0 Å². The van der Waals surface area contributed by atoms with E-state index < -0.39 is 29.8 Å². The SMILES string of the molecule is CCCCCCc1ccc2c(F)c(C#Cc3cc(F)c(OC(F)F)c(F)c3)ccc2c1. The second-order valence-corrected chi connectivity index (χ2v) is 7.19. The molecular weight excluding hydrogens is 411 g/mol. The molecule has 3 aromatic rings. The van der Waals surface area contributed by atoms with Crippen molar-refractivity contribution in [3.05, 3.63) is 76.6 Å². The molecule has 0 aliphatic rings. The number of hydrogen-bond donors (Lipinski definition) is 0. The Hall–Kier alpha value is -3.07. The van der Waals surface area contributed by atoms with Gasteiger partial charge in [-0.1, -0.05) is 62.3 Å². The van der Waals surface area contributed by atoms with E-state index in [9.17, 15) is 22.0 Å². The molecular formula is C25H21F5O. The highest BCUT2D eigenvalue weighted by Gasteiger charge is 2.16. The van der Waals surface area contributed by atoms with Crippen LogP contribution in [0.2, 0.25) is 0 Å².